The molecular weight excluding hydrogens is 386 g/mol. The van der Waals surface area contributed by atoms with Crippen molar-refractivity contribution in [1.82, 2.24) is 5.32 Å². The lowest BCUT2D eigenvalue weighted by molar-refractivity contribution is 0.0930. The van der Waals surface area contributed by atoms with Gasteiger partial charge in [-0.2, -0.15) is 0 Å². The van der Waals surface area contributed by atoms with E-state index in [1.54, 1.807) is 7.11 Å². The number of hydrogen-bond donors (Lipinski definition) is 1. The van der Waals surface area contributed by atoms with Crippen LogP contribution in [0.3, 0.4) is 0 Å². The third kappa shape index (κ3) is 6.49. The summed E-state index contributed by atoms with van der Waals surface area (Å²) in [6, 6.07) is 14.0. The second-order valence-electron chi connectivity index (χ2n) is 9.58. The molecule has 1 saturated carbocycles. The number of hydrogen-bond acceptors (Lipinski definition) is 3. The van der Waals surface area contributed by atoms with E-state index in [4.69, 9.17) is 9.47 Å². The molecule has 0 aliphatic heterocycles. The molecule has 0 spiro atoms. The molecule has 0 heterocycles. The molecule has 0 atom stereocenters. The summed E-state index contributed by atoms with van der Waals surface area (Å²) in [5.41, 5.74) is 2.68. The van der Waals surface area contributed by atoms with Gasteiger partial charge in [-0.15, -0.1) is 0 Å². The van der Waals surface area contributed by atoms with E-state index in [0.29, 0.717) is 12.2 Å². The van der Waals surface area contributed by atoms with E-state index in [1.165, 1.54) is 32.1 Å². The number of ether oxygens (including phenoxy) is 2. The van der Waals surface area contributed by atoms with Gasteiger partial charge in [-0.05, 0) is 48.1 Å². The second-order valence-corrected chi connectivity index (χ2v) is 9.58. The molecule has 1 aliphatic rings. The third-order valence-corrected chi connectivity index (χ3v) is 6.06. The van der Waals surface area contributed by atoms with Crippen molar-refractivity contribution in [2.75, 3.05) is 7.11 Å². The van der Waals surface area contributed by atoms with Crippen LogP contribution in [0.4, 0.5) is 0 Å². The Labute approximate surface area is 187 Å². The maximum absolute atomic E-state index is 12.9. The summed E-state index contributed by atoms with van der Waals surface area (Å²) >= 11 is 0. The van der Waals surface area contributed by atoms with Crippen molar-refractivity contribution in [2.45, 2.75) is 83.8 Å². The van der Waals surface area contributed by atoms with Crippen molar-refractivity contribution in [3.05, 3.63) is 59.2 Å². The van der Waals surface area contributed by atoms with Crippen LogP contribution in [0.25, 0.3) is 0 Å². The van der Waals surface area contributed by atoms with Gasteiger partial charge >= 0.3 is 0 Å². The minimum atomic E-state index is -0.0139. The first kappa shape index (κ1) is 23.2. The first-order chi connectivity index (χ1) is 14.9. The van der Waals surface area contributed by atoms with Crippen LogP contribution in [0, 0.1) is 0 Å². The lowest BCUT2D eigenvalue weighted by Gasteiger charge is -2.23. The lowest BCUT2D eigenvalue weighted by atomic mass is 9.86. The Bertz CT molecular complexity index is 861. The number of rotatable bonds is 6. The van der Waals surface area contributed by atoms with Gasteiger partial charge in [0.25, 0.3) is 5.91 Å². The zero-order valence-electron chi connectivity index (χ0n) is 19.5. The van der Waals surface area contributed by atoms with Gasteiger partial charge in [0.1, 0.15) is 18.1 Å². The fourth-order valence-corrected chi connectivity index (χ4v) is 4.27. The topological polar surface area (TPSA) is 47.6 Å². The Hall–Kier alpha value is -2.49. The van der Waals surface area contributed by atoms with E-state index in [-0.39, 0.29) is 17.4 Å². The summed E-state index contributed by atoms with van der Waals surface area (Å²) in [4.78, 5) is 12.9. The molecule has 0 radical (unpaired) electrons. The van der Waals surface area contributed by atoms with Gasteiger partial charge in [-0.25, -0.2) is 0 Å². The zero-order valence-corrected chi connectivity index (χ0v) is 19.5. The van der Waals surface area contributed by atoms with Crippen molar-refractivity contribution in [1.29, 1.82) is 0 Å². The predicted octanol–water partition coefficient (Wildman–Crippen LogP) is 6.41. The Morgan fingerprint density at radius 3 is 2.32 bits per heavy atom. The molecule has 3 rings (SSSR count). The lowest BCUT2D eigenvalue weighted by Crippen LogP contribution is -2.35. The number of nitrogens with one attached hydrogen (secondary N) is 1. The average Bonchev–Trinajstić information content (AvgIpc) is 2.73. The van der Waals surface area contributed by atoms with E-state index in [2.05, 4.69) is 32.2 Å². The summed E-state index contributed by atoms with van der Waals surface area (Å²) in [6.07, 6.45) is 8.39. The SMILES string of the molecule is COc1ccc(C(=O)NC2CCCCCCC2)cc1COc1ccccc1C(C)(C)C. The molecule has 1 N–H and O–H groups in total. The molecule has 0 bridgehead atoms. The molecule has 168 valence electrons. The molecule has 2 aromatic rings. The fourth-order valence-electron chi connectivity index (χ4n) is 4.27. The molecule has 0 unspecified atom stereocenters. The van der Waals surface area contributed by atoms with E-state index in [0.717, 1.165) is 35.5 Å². The average molecular weight is 424 g/mol. The van der Waals surface area contributed by atoms with Crippen LogP contribution in [0.15, 0.2) is 42.5 Å². The quantitative estimate of drug-likeness (QED) is 0.583. The van der Waals surface area contributed by atoms with Gasteiger partial charge in [0.2, 0.25) is 0 Å². The fraction of sp³-hybridized carbons (Fsp3) is 0.519. The first-order valence-corrected chi connectivity index (χ1v) is 11.6. The first-order valence-electron chi connectivity index (χ1n) is 11.6. The van der Waals surface area contributed by atoms with Crippen LogP contribution in [0.2, 0.25) is 0 Å². The highest BCUT2D eigenvalue weighted by Crippen LogP contribution is 2.32. The summed E-state index contributed by atoms with van der Waals surface area (Å²) < 4.78 is 11.7. The standard InChI is InChI=1S/C27H37NO3/c1-27(2,3)23-14-10-11-15-25(23)31-19-21-18-20(16-17-24(21)30-4)26(29)28-22-12-8-6-5-7-9-13-22/h10-11,14-18,22H,5-9,12-13,19H2,1-4H3,(H,28,29). The Morgan fingerprint density at radius 1 is 0.968 bits per heavy atom. The minimum Gasteiger partial charge on any atom is -0.496 e. The Balaban J connectivity index is 1.73. The smallest absolute Gasteiger partial charge is 0.251 e. The van der Waals surface area contributed by atoms with Crippen molar-refractivity contribution < 1.29 is 14.3 Å². The molecule has 0 aromatic heterocycles. The molecule has 1 fully saturated rings. The largest absolute Gasteiger partial charge is 0.496 e. The summed E-state index contributed by atoms with van der Waals surface area (Å²) in [6.45, 7) is 6.88. The van der Waals surface area contributed by atoms with Crippen LogP contribution >= 0.6 is 0 Å². The van der Waals surface area contributed by atoms with E-state index < -0.39 is 0 Å². The monoisotopic (exact) mass is 423 g/mol. The summed E-state index contributed by atoms with van der Waals surface area (Å²) in [5, 5.41) is 3.25. The van der Waals surface area contributed by atoms with E-state index >= 15 is 0 Å². The van der Waals surface area contributed by atoms with Crippen molar-refractivity contribution >= 4 is 5.91 Å². The number of para-hydroxylation sites is 1. The minimum absolute atomic E-state index is 0.00966. The molecule has 4 nitrogen and oxygen atoms in total. The van der Waals surface area contributed by atoms with Crippen LogP contribution in [-0.2, 0) is 12.0 Å². The summed E-state index contributed by atoms with van der Waals surface area (Å²) in [7, 11) is 1.65. The number of carbonyl (C=O) groups is 1. The van der Waals surface area contributed by atoms with Gasteiger partial charge in [0, 0.05) is 17.2 Å². The van der Waals surface area contributed by atoms with Crippen LogP contribution in [-0.4, -0.2) is 19.1 Å². The van der Waals surface area contributed by atoms with E-state index in [1.807, 2.05) is 36.4 Å². The number of carbonyl (C=O) groups excluding carboxylic acids is 1. The van der Waals surface area contributed by atoms with Crippen molar-refractivity contribution in [3.8, 4) is 11.5 Å². The molecule has 0 saturated heterocycles. The normalized spacial score (nSPS) is 15.6. The van der Waals surface area contributed by atoms with Gasteiger partial charge in [-0.3, -0.25) is 4.79 Å². The van der Waals surface area contributed by atoms with Gasteiger partial charge in [0.15, 0.2) is 0 Å². The van der Waals surface area contributed by atoms with Gasteiger partial charge in [0.05, 0.1) is 7.11 Å². The number of amides is 1. The van der Waals surface area contributed by atoms with Gasteiger partial charge < -0.3 is 14.8 Å². The highest BCUT2D eigenvalue weighted by molar-refractivity contribution is 5.94. The highest BCUT2D eigenvalue weighted by atomic mass is 16.5. The van der Waals surface area contributed by atoms with Crippen LogP contribution in [0.5, 0.6) is 11.5 Å². The number of methoxy groups -OCH3 is 1. The summed E-state index contributed by atoms with van der Waals surface area (Å²) in [5.74, 6) is 1.58. The predicted molar refractivity (Wildman–Crippen MR) is 126 cm³/mol. The van der Waals surface area contributed by atoms with Crippen LogP contribution in [0.1, 0.15) is 87.2 Å². The van der Waals surface area contributed by atoms with Crippen molar-refractivity contribution in [3.63, 3.8) is 0 Å². The Morgan fingerprint density at radius 2 is 1.65 bits per heavy atom. The highest BCUT2D eigenvalue weighted by Gasteiger charge is 2.20. The molecule has 31 heavy (non-hydrogen) atoms. The van der Waals surface area contributed by atoms with Crippen LogP contribution < -0.4 is 14.8 Å². The van der Waals surface area contributed by atoms with Gasteiger partial charge in [-0.1, -0.05) is 71.1 Å². The third-order valence-electron chi connectivity index (χ3n) is 6.06. The maximum atomic E-state index is 12.9. The Kier molecular flexibility index (Phi) is 8.00. The zero-order chi connectivity index (χ0) is 22.3. The van der Waals surface area contributed by atoms with E-state index in [9.17, 15) is 4.79 Å². The van der Waals surface area contributed by atoms with Crippen molar-refractivity contribution in [2.24, 2.45) is 0 Å². The second kappa shape index (κ2) is 10.7. The molecule has 1 amide bonds. The number of benzene rings is 2. The molecule has 4 heteroatoms. The molecule has 2 aromatic carbocycles. The maximum Gasteiger partial charge on any atom is 0.251 e. The molecular formula is C27H37NO3. The molecule has 1 aliphatic carbocycles.